The largest absolute Gasteiger partial charge is 0.496 e. The SMILES string of the molecule is COc1ccc(C)cc1C(O)c1ccc(C)c(C)c1. The Morgan fingerprint density at radius 3 is 2.32 bits per heavy atom. The summed E-state index contributed by atoms with van der Waals surface area (Å²) >= 11 is 0. The van der Waals surface area contributed by atoms with Gasteiger partial charge in [0.25, 0.3) is 0 Å². The highest BCUT2D eigenvalue weighted by Gasteiger charge is 2.16. The molecule has 0 spiro atoms. The first-order chi connectivity index (χ1) is 9.02. The summed E-state index contributed by atoms with van der Waals surface area (Å²) in [4.78, 5) is 0. The molecule has 0 aliphatic heterocycles. The van der Waals surface area contributed by atoms with Gasteiger partial charge >= 0.3 is 0 Å². The highest BCUT2D eigenvalue weighted by Crippen LogP contribution is 2.31. The third-order valence-electron chi connectivity index (χ3n) is 3.53. The number of hydrogen-bond donors (Lipinski definition) is 1. The molecule has 19 heavy (non-hydrogen) atoms. The molecule has 1 atom stereocenters. The Bertz CT molecular complexity index is 588. The second-order valence-electron chi connectivity index (χ2n) is 4.99. The highest BCUT2D eigenvalue weighted by molar-refractivity contribution is 5.44. The quantitative estimate of drug-likeness (QED) is 0.907. The molecular weight excluding hydrogens is 236 g/mol. The van der Waals surface area contributed by atoms with Crippen LogP contribution in [0.1, 0.15) is 33.9 Å². The fraction of sp³-hybridized carbons (Fsp3) is 0.294. The minimum absolute atomic E-state index is 0.658. The lowest BCUT2D eigenvalue weighted by Crippen LogP contribution is -2.03. The van der Waals surface area contributed by atoms with Gasteiger partial charge in [0, 0.05) is 5.56 Å². The second-order valence-corrected chi connectivity index (χ2v) is 4.99. The van der Waals surface area contributed by atoms with Crippen molar-refractivity contribution in [1.82, 2.24) is 0 Å². The monoisotopic (exact) mass is 256 g/mol. The van der Waals surface area contributed by atoms with Gasteiger partial charge in [-0.1, -0.05) is 29.8 Å². The molecule has 1 unspecified atom stereocenters. The van der Waals surface area contributed by atoms with Crippen molar-refractivity contribution < 1.29 is 9.84 Å². The molecule has 100 valence electrons. The maximum atomic E-state index is 10.6. The molecular formula is C17H20O2. The maximum Gasteiger partial charge on any atom is 0.125 e. The lowest BCUT2D eigenvalue weighted by molar-refractivity contribution is 0.214. The Labute approximate surface area is 114 Å². The molecule has 2 nitrogen and oxygen atoms in total. The first-order valence-corrected chi connectivity index (χ1v) is 6.42. The van der Waals surface area contributed by atoms with Crippen molar-refractivity contribution in [3.8, 4) is 5.75 Å². The molecule has 0 saturated carbocycles. The molecule has 0 radical (unpaired) electrons. The molecule has 2 aromatic rings. The van der Waals surface area contributed by atoms with Crippen molar-refractivity contribution in [1.29, 1.82) is 0 Å². The van der Waals surface area contributed by atoms with Gasteiger partial charge in [-0.2, -0.15) is 0 Å². The summed E-state index contributed by atoms with van der Waals surface area (Å²) in [6.07, 6.45) is -0.658. The highest BCUT2D eigenvalue weighted by atomic mass is 16.5. The number of benzene rings is 2. The Morgan fingerprint density at radius 2 is 1.68 bits per heavy atom. The van der Waals surface area contributed by atoms with Gasteiger partial charge in [-0.15, -0.1) is 0 Å². The van der Waals surface area contributed by atoms with Gasteiger partial charge in [-0.3, -0.25) is 0 Å². The second kappa shape index (κ2) is 5.45. The fourth-order valence-corrected chi connectivity index (χ4v) is 2.18. The normalized spacial score (nSPS) is 12.3. The first kappa shape index (κ1) is 13.6. The van der Waals surface area contributed by atoms with Crippen molar-refractivity contribution in [3.05, 3.63) is 64.2 Å². The van der Waals surface area contributed by atoms with Gasteiger partial charge in [0.1, 0.15) is 11.9 Å². The summed E-state index contributed by atoms with van der Waals surface area (Å²) < 4.78 is 5.34. The van der Waals surface area contributed by atoms with Crippen molar-refractivity contribution in [3.63, 3.8) is 0 Å². The smallest absolute Gasteiger partial charge is 0.125 e. The first-order valence-electron chi connectivity index (χ1n) is 6.42. The van der Waals surface area contributed by atoms with Crippen LogP contribution >= 0.6 is 0 Å². The molecule has 0 fully saturated rings. The minimum Gasteiger partial charge on any atom is -0.496 e. The molecule has 0 aliphatic carbocycles. The van der Waals surface area contributed by atoms with E-state index in [1.54, 1.807) is 7.11 Å². The molecule has 0 bridgehead atoms. The summed E-state index contributed by atoms with van der Waals surface area (Å²) in [5.74, 6) is 0.719. The van der Waals surface area contributed by atoms with Gasteiger partial charge in [-0.25, -0.2) is 0 Å². The summed E-state index contributed by atoms with van der Waals surface area (Å²) in [5.41, 5.74) is 5.23. The summed E-state index contributed by atoms with van der Waals surface area (Å²) in [5, 5.41) is 10.6. The van der Waals surface area contributed by atoms with E-state index in [1.165, 1.54) is 11.1 Å². The standard InChI is InChI=1S/C17H20O2/c1-11-5-8-16(19-4)15(9-11)17(18)14-7-6-12(2)13(3)10-14/h5-10,17-18H,1-4H3. The average Bonchev–Trinajstić information content (AvgIpc) is 2.41. The van der Waals surface area contributed by atoms with Crippen molar-refractivity contribution in [2.45, 2.75) is 26.9 Å². The van der Waals surface area contributed by atoms with Gasteiger partial charge in [0.15, 0.2) is 0 Å². The molecule has 0 saturated heterocycles. The molecule has 2 aromatic carbocycles. The van der Waals surface area contributed by atoms with E-state index >= 15 is 0 Å². The van der Waals surface area contributed by atoms with Crippen LogP contribution in [-0.4, -0.2) is 12.2 Å². The Hall–Kier alpha value is -1.80. The summed E-state index contributed by atoms with van der Waals surface area (Å²) in [6, 6.07) is 11.9. The lowest BCUT2D eigenvalue weighted by atomic mass is 9.96. The molecule has 1 N–H and O–H groups in total. The fourth-order valence-electron chi connectivity index (χ4n) is 2.18. The predicted octanol–water partition coefficient (Wildman–Crippen LogP) is 3.70. The van der Waals surface area contributed by atoms with Crippen LogP contribution in [0.3, 0.4) is 0 Å². The summed E-state index contributed by atoms with van der Waals surface area (Å²) in [7, 11) is 1.63. The van der Waals surface area contributed by atoms with E-state index in [0.717, 1.165) is 22.4 Å². The third-order valence-corrected chi connectivity index (χ3v) is 3.53. The lowest BCUT2D eigenvalue weighted by Gasteiger charge is -2.17. The van der Waals surface area contributed by atoms with Gasteiger partial charge in [0.2, 0.25) is 0 Å². The third kappa shape index (κ3) is 2.79. The molecule has 0 amide bonds. The Kier molecular flexibility index (Phi) is 3.91. The van der Waals surface area contributed by atoms with Crippen LogP contribution in [0.15, 0.2) is 36.4 Å². The van der Waals surface area contributed by atoms with E-state index in [0.29, 0.717) is 0 Å². The number of ether oxygens (including phenoxy) is 1. The number of aliphatic hydroxyl groups is 1. The van der Waals surface area contributed by atoms with Crippen molar-refractivity contribution >= 4 is 0 Å². The van der Waals surface area contributed by atoms with Crippen molar-refractivity contribution in [2.75, 3.05) is 7.11 Å². The van der Waals surface area contributed by atoms with Crippen molar-refractivity contribution in [2.24, 2.45) is 0 Å². The van der Waals surface area contributed by atoms with Gasteiger partial charge < -0.3 is 9.84 Å². The van der Waals surface area contributed by atoms with Crippen LogP contribution in [0.2, 0.25) is 0 Å². The number of hydrogen-bond acceptors (Lipinski definition) is 2. The number of rotatable bonds is 3. The molecule has 2 rings (SSSR count). The van der Waals surface area contributed by atoms with E-state index in [-0.39, 0.29) is 0 Å². The van der Waals surface area contributed by atoms with E-state index in [9.17, 15) is 5.11 Å². The Balaban J connectivity index is 2.45. The summed E-state index contributed by atoms with van der Waals surface area (Å²) in [6.45, 7) is 6.13. The average molecular weight is 256 g/mol. The predicted molar refractivity (Wildman–Crippen MR) is 77.7 cm³/mol. The van der Waals surface area contributed by atoms with Crippen LogP contribution in [0.4, 0.5) is 0 Å². The molecule has 2 heteroatoms. The van der Waals surface area contributed by atoms with E-state index in [4.69, 9.17) is 4.74 Å². The van der Waals surface area contributed by atoms with E-state index in [2.05, 4.69) is 13.8 Å². The zero-order chi connectivity index (χ0) is 14.0. The van der Waals surface area contributed by atoms with Crippen LogP contribution in [0.25, 0.3) is 0 Å². The maximum absolute atomic E-state index is 10.6. The van der Waals surface area contributed by atoms with E-state index in [1.807, 2.05) is 43.3 Å². The Morgan fingerprint density at radius 1 is 0.947 bits per heavy atom. The van der Waals surface area contributed by atoms with Crippen LogP contribution in [0.5, 0.6) is 5.75 Å². The molecule has 0 aromatic heterocycles. The van der Waals surface area contributed by atoms with Gasteiger partial charge in [-0.05, 0) is 49.6 Å². The van der Waals surface area contributed by atoms with Crippen LogP contribution in [-0.2, 0) is 0 Å². The minimum atomic E-state index is -0.658. The number of aliphatic hydroxyl groups excluding tert-OH is 1. The van der Waals surface area contributed by atoms with E-state index < -0.39 is 6.10 Å². The number of methoxy groups -OCH3 is 1. The van der Waals surface area contributed by atoms with Crippen LogP contribution < -0.4 is 4.74 Å². The van der Waals surface area contributed by atoms with Gasteiger partial charge in [0.05, 0.1) is 7.11 Å². The zero-order valence-electron chi connectivity index (χ0n) is 11.9. The molecule has 0 heterocycles. The topological polar surface area (TPSA) is 29.5 Å². The zero-order valence-corrected chi connectivity index (χ0v) is 11.9. The van der Waals surface area contributed by atoms with Crippen LogP contribution in [0, 0.1) is 20.8 Å². The molecule has 0 aliphatic rings. The number of aryl methyl sites for hydroxylation is 3.